The molecule has 14 heavy (non-hydrogen) atoms. The Morgan fingerprint density at radius 1 is 1.29 bits per heavy atom. The lowest BCUT2D eigenvalue weighted by Crippen LogP contribution is -2.24. The van der Waals surface area contributed by atoms with Crippen LogP contribution in [0.25, 0.3) is 0 Å². The summed E-state index contributed by atoms with van der Waals surface area (Å²) in [6.07, 6.45) is 10.5. The molecule has 0 N–H and O–H groups in total. The lowest BCUT2D eigenvalue weighted by atomic mass is 9.70. The van der Waals surface area contributed by atoms with Gasteiger partial charge in [-0.2, -0.15) is 0 Å². The Hall–Kier alpha value is 0. The summed E-state index contributed by atoms with van der Waals surface area (Å²) < 4.78 is 0. The average Bonchev–Trinajstić information content (AvgIpc) is 2.38. The molecule has 82 valence electrons. The van der Waals surface area contributed by atoms with Gasteiger partial charge in [0.25, 0.3) is 0 Å². The van der Waals surface area contributed by atoms with Crippen LogP contribution in [0.4, 0.5) is 0 Å². The van der Waals surface area contributed by atoms with E-state index in [2.05, 4.69) is 20.8 Å². The molecule has 0 aromatic heterocycles. The maximum Gasteiger partial charge on any atom is -0.0320 e. The van der Waals surface area contributed by atoms with E-state index in [1.54, 1.807) is 6.42 Å². The fraction of sp³-hybridized carbons (Fsp3) is 1.00. The van der Waals surface area contributed by atoms with Gasteiger partial charge in [-0.15, -0.1) is 0 Å². The Labute approximate surface area is 89.5 Å². The summed E-state index contributed by atoms with van der Waals surface area (Å²) in [5, 5.41) is 0. The number of fused-ring (bicyclic) bond motifs is 2. The summed E-state index contributed by atoms with van der Waals surface area (Å²) in [6.45, 7) is 7.35. The summed E-state index contributed by atoms with van der Waals surface area (Å²) in [6, 6.07) is 0. The van der Waals surface area contributed by atoms with Crippen LogP contribution < -0.4 is 0 Å². The van der Waals surface area contributed by atoms with E-state index in [0.717, 1.165) is 23.2 Å². The van der Waals surface area contributed by atoms with Gasteiger partial charge in [0.05, 0.1) is 0 Å². The molecular formula is C14H26. The number of hydrogen-bond donors (Lipinski definition) is 0. The molecule has 0 amide bonds. The number of rotatable bonds is 3. The maximum atomic E-state index is 2.53. The van der Waals surface area contributed by atoms with Crippen molar-refractivity contribution >= 4 is 0 Å². The molecular weight excluding hydrogens is 168 g/mol. The monoisotopic (exact) mass is 194 g/mol. The minimum absolute atomic E-state index is 0.743. The highest BCUT2D eigenvalue weighted by Gasteiger charge is 2.46. The van der Waals surface area contributed by atoms with Crippen molar-refractivity contribution in [2.24, 2.45) is 23.2 Å². The van der Waals surface area contributed by atoms with Crippen molar-refractivity contribution in [3.8, 4) is 0 Å². The van der Waals surface area contributed by atoms with Gasteiger partial charge in [0.2, 0.25) is 0 Å². The molecule has 0 heterocycles. The molecule has 2 fully saturated rings. The van der Waals surface area contributed by atoms with Crippen molar-refractivity contribution in [3.05, 3.63) is 0 Å². The summed E-state index contributed by atoms with van der Waals surface area (Å²) in [7, 11) is 0. The van der Waals surface area contributed by atoms with Crippen molar-refractivity contribution < 1.29 is 0 Å². The Morgan fingerprint density at radius 2 is 2.07 bits per heavy atom. The Bertz CT molecular complexity index is 196. The second-order valence-electron chi connectivity index (χ2n) is 6.30. The van der Waals surface area contributed by atoms with E-state index in [1.807, 2.05) is 0 Å². The van der Waals surface area contributed by atoms with Gasteiger partial charge in [-0.05, 0) is 48.9 Å². The zero-order chi connectivity index (χ0) is 10.2. The predicted octanol–water partition coefficient (Wildman–Crippen LogP) is 4.64. The molecule has 2 bridgehead atoms. The summed E-state index contributed by atoms with van der Waals surface area (Å²) in [4.78, 5) is 0. The van der Waals surface area contributed by atoms with Crippen LogP contribution in [0.1, 0.15) is 65.7 Å². The molecule has 0 spiro atoms. The molecule has 0 heteroatoms. The standard InChI is InChI=1S/C14H26/c1-4-5-6-12-7-8-14(3)9-11(2)13(12)10-14/h11-13H,4-10H2,1-3H3. The van der Waals surface area contributed by atoms with Gasteiger partial charge in [0.1, 0.15) is 0 Å². The molecule has 0 nitrogen and oxygen atoms in total. The first kappa shape index (κ1) is 10.5. The van der Waals surface area contributed by atoms with Crippen LogP contribution in [0, 0.1) is 23.2 Å². The third kappa shape index (κ3) is 1.85. The lowest BCUT2D eigenvalue weighted by molar-refractivity contribution is 0.158. The molecule has 0 aromatic carbocycles. The average molecular weight is 194 g/mol. The summed E-state index contributed by atoms with van der Waals surface area (Å²) in [5.41, 5.74) is 0.743. The van der Waals surface area contributed by atoms with Gasteiger partial charge in [0, 0.05) is 0 Å². The van der Waals surface area contributed by atoms with Crippen LogP contribution in [0.3, 0.4) is 0 Å². The quantitative estimate of drug-likeness (QED) is 0.614. The van der Waals surface area contributed by atoms with Crippen molar-refractivity contribution in [3.63, 3.8) is 0 Å². The predicted molar refractivity (Wildman–Crippen MR) is 62.2 cm³/mol. The normalized spacial score (nSPS) is 46.9. The molecule has 0 saturated heterocycles. The van der Waals surface area contributed by atoms with Crippen molar-refractivity contribution in [2.75, 3.05) is 0 Å². The van der Waals surface area contributed by atoms with Gasteiger partial charge >= 0.3 is 0 Å². The van der Waals surface area contributed by atoms with Gasteiger partial charge in [-0.3, -0.25) is 0 Å². The Balaban J connectivity index is 1.96. The summed E-state index contributed by atoms with van der Waals surface area (Å²) >= 11 is 0. The third-order valence-electron chi connectivity index (χ3n) is 4.93. The SMILES string of the molecule is CCCCC1CCC2(C)CC(C)C1C2. The van der Waals surface area contributed by atoms with Gasteiger partial charge < -0.3 is 0 Å². The molecule has 4 unspecified atom stereocenters. The van der Waals surface area contributed by atoms with Crippen LogP contribution in [0.15, 0.2) is 0 Å². The van der Waals surface area contributed by atoms with E-state index >= 15 is 0 Å². The largest absolute Gasteiger partial charge is 0.0654 e. The van der Waals surface area contributed by atoms with Gasteiger partial charge in [-0.25, -0.2) is 0 Å². The molecule has 0 aliphatic heterocycles. The van der Waals surface area contributed by atoms with Crippen LogP contribution in [-0.2, 0) is 0 Å². The van der Waals surface area contributed by atoms with E-state index in [0.29, 0.717) is 0 Å². The second-order valence-corrected chi connectivity index (χ2v) is 6.30. The third-order valence-corrected chi connectivity index (χ3v) is 4.93. The molecule has 2 aliphatic rings. The highest BCUT2D eigenvalue weighted by molar-refractivity contribution is 4.96. The topological polar surface area (TPSA) is 0 Å². The lowest BCUT2D eigenvalue weighted by Gasteiger charge is -2.35. The molecule has 4 atom stereocenters. The zero-order valence-electron chi connectivity index (χ0n) is 10.2. The van der Waals surface area contributed by atoms with Crippen LogP contribution in [0.2, 0.25) is 0 Å². The highest BCUT2D eigenvalue weighted by atomic mass is 14.5. The fourth-order valence-corrected chi connectivity index (χ4v) is 4.19. The summed E-state index contributed by atoms with van der Waals surface area (Å²) in [5.74, 6) is 3.19. The number of unbranched alkanes of at least 4 members (excludes halogenated alkanes) is 1. The molecule has 2 aliphatic carbocycles. The van der Waals surface area contributed by atoms with Crippen LogP contribution in [0.5, 0.6) is 0 Å². The number of hydrogen-bond acceptors (Lipinski definition) is 0. The maximum absolute atomic E-state index is 2.53. The minimum Gasteiger partial charge on any atom is -0.0654 e. The minimum atomic E-state index is 0.743. The zero-order valence-corrected chi connectivity index (χ0v) is 10.2. The fourth-order valence-electron chi connectivity index (χ4n) is 4.19. The van der Waals surface area contributed by atoms with Gasteiger partial charge in [0.15, 0.2) is 0 Å². The first-order valence-corrected chi connectivity index (χ1v) is 6.64. The van der Waals surface area contributed by atoms with Crippen molar-refractivity contribution in [2.45, 2.75) is 65.7 Å². The second kappa shape index (κ2) is 3.87. The van der Waals surface area contributed by atoms with E-state index in [4.69, 9.17) is 0 Å². The van der Waals surface area contributed by atoms with E-state index < -0.39 is 0 Å². The highest BCUT2D eigenvalue weighted by Crippen LogP contribution is 2.56. The van der Waals surface area contributed by atoms with Crippen molar-refractivity contribution in [1.29, 1.82) is 0 Å². The molecule has 2 rings (SSSR count). The van der Waals surface area contributed by atoms with E-state index in [-0.39, 0.29) is 0 Å². The van der Waals surface area contributed by atoms with Crippen LogP contribution in [-0.4, -0.2) is 0 Å². The Morgan fingerprint density at radius 3 is 2.79 bits per heavy atom. The van der Waals surface area contributed by atoms with Gasteiger partial charge in [-0.1, -0.05) is 40.0 Å². The van der Waals surface area contributed by atoms with Crippen LogP contribution >= 0.6 is 0 Å². The smallest absolute Gasteiger partial charge is 0.0320 e. The Kier molecular flexibility index (Phi) is 2.91. The van der Waals surface area contributed by atoms with E-state index in [1.165, 1.54) is 38.5 Å². The molecule has 0 aromatic rings. The van der Waals surface area contributed by atoms with Crippen molar-refractivity contribution in [1.82, 2.24) is 0 Å². The molecule has 0 radical (unpaired) electrons. The first-order valence-electron chi connectivity index (χ1n) is 6.64. The molecule has 2 saturated carbocycles. The first-order chi connectivity index (χ1) is 6.64. The van der Waals surface area contributed by atoms with E-state index in [9.17, 15) is 0 Å².